The number of benzene rings is 3. The van der Waals surface area contributed by atoms with Crippen LogP contribution in [-0.2, 0) is 6.54 Å². The van der Waals surface area contributed by atoms with Crippen LogP contribution in [0, 0.1) is 0 Å². The van der Waals surface area contributed by atoms with Crippen LogP contribution < -0.4 is 5.32 Å². The fourth-order valence-corrected chi connectivity index (χ4v) is 3.19. The second kappa shape index (κ2) is 7.18. The maximum atomic E-state index is 12.6. The van der Waals surface area contributed by atoms with Gasteiger partial charge in [-0.15, -0.1) is 0 Å². The molecular formula is C22H16BrNO2. The predicted molar refractivity (Wildman–Crippen MR) is 107 cm³/mol. The summed E-state index contributed by atoms with van der Waals surface area (Å²) in [5, 5.41) is 4.94. The Hall–Kier alpha value is -2.85. The van der Waals surface area contributed by atoms with Gasteiger partial charge < -0.3 is 9.73 Å². The van der Waals surface area contributed by atoms with Crippen molar-refractivity contribution < 1.29 is 9.21 Å². The van der Waals surface area contributed by atoms with Gasteiger partial charge in [-0.25, -0.2) is 0 Å². The molecule has 0 unspecified atom stereocenters. The van der Waals surface area contributed by atoms with Crippen LogP contribution in [0.15, 0.2) is 87.8 Å². The molecule has 0 aliphatic heterocycles. The molecule has 4 rings (SSSR count). The molecule has 0 aliphatic rings. The lowest BCUT2D eigenvalue weighted by atomic mass is 10.0. The normalized spacial score (nSPS) is 10.8. The number of fused-ring (bicyclic) bond motifs is 1. The second-order valence-corrected chi connectivity index (χ2v) is 6.90. The van der Waals surface area contributed by atoms with Crippen molar-refractivity contribution in [1.29, 1.82) is 0 Å². The predicted octanol–water partition coefficient (Wildman–Crippen LogP) is 5.79. The van der Waals surface area contributed by atoms with Gasteiger partial charge in [-0.2, -0.15) is 0 Å². The Balaban J connectivity index is 1.49. The van der Waals surface area contributed by atoms with Crippen molar-refractivity contribution in [2.45, 2.75) is 6.54 Å². The minimum atomic E-state index is -0.108. The van der Waals surface area contributed by atoms with Crippen LogP contribution in [0.1, 0.15) is 16.1 Å². The Morgan fingerprint density at radius 2 is 1.65 bits per heavy atom. The number of hydrogen-bond donors (Lipinski definition) is 1. The molecule has 0 bridgehead atoms. The van der Waals surface area contributed by atoms with E-state index in [0.29, 0.717) is 12.1 Å². The lowest BCUT2D eigenvalue weighted by Gasteiger charge is -2.07. The van der Waals surface area contributed by atoms with Gasteiger partial charge in [0.05, 0.1) is 6.54 Å². The molecule has 0 fully saturated rings. The molecule has 0 spiro atoms. The molecule has 1 N–H and O–H groups in total. The number of carbonyl (C=O) groups is 1. The number of hydrogen-bond acceptors (Lipinski definition) is 2. The quantitative estimate of drug-likeness (QED) is 0.466. The minimum Gasteiger partial charge on any atom is -0.459 e. The number of halogens is 1. The van der Waals surface area contributed by atoms with Crippen LogP contribution in [0.3, 0.4) is 0 Å². The Morgan fingerprint density at radius 3 is 2.50 bits per heavy atom. The van der Waals surface area contributed by atoms with Crippen LogP contribution in [0.4, 0.5) is 0 Å². The first-order valence-corrected chi connectivity index (χ1v) is 9.10. The zero-order valence-electron chi connectivity index (χ0n) is 13.9. The molecule has 0 aliphatic carbocycles. The summed E-state index contributed by atoms with van der Waals surface area (Å²) in [6.07, 6.45) is 0. The summed E-state index contributed by atoms with van der Waals surface area (Å²) >= 11 is 3.43. The van der Waals surface area contributed by atoms with Crippen molar-refractivity contribution in [3.63, 3.8) is 0 Å². The molecule has 1 amide bonds. The van der Waals surface area contributed by atoms with Gasteiger partial charge in [-0.1, -0.05) is 64.5 Å². The van der Waals surface area contributed by atoms with E-state index in [0.717, 1.165) is 32.3 Å². The minimum absolute atomic E-state index is 0.108. The maximum Gasteiger partial charge on any atom is 0.252 e. The van der Waals surface area contributed by atoms with Crippen LogP contribution in [0.5, 0.6) is 0 Å². The van der Waals surface area contributed by atoms with Gasteiger partial charge in [0.25, 0.3) is 5.91 Å². The molecular weight excluding hydrogens is 390 g/mol. The Morgan fingerprint density at radius 1 is 0.885 bits per heavy atom. The number of amides is 1. The largest absolute Gasteiger partial charge is 0.459 e. The van der Waals surface area contributed by atoms with E-state index in [1.54, 1.807) is 0 Å². The van der Waals surface area contributed by atoms with Crippen molar-refractivity contribution in [3.05, 3.63) is 94.7 Å². The number of carbonyl (C=O) groups excluding carboxylic acids is 1. The molecule has 4 heteroatoms. The number of rotatable bonds is 4. The topological polar surface area (TPSA) is 42.2 Å². The zero-order chi connectivity index (χ0) is 17.9. The Kier molecular flexibility index (Phi) is 4.59. The highest BCUT2D eigenvalue weighted by molar-refractivity contribution is 9.10. The lowest BCUT2D eigenvalue weighted by molar-refractivity contribution is 0.0950. The lowest BCUT2D eigenvalue weighted by Crippen LogP contribution is -2.22. The fourth-order valence-electron chi connectivity index (χ4n) is 2.93. The highest BCUT2D eigenvalue weighted by Crippen LogP contribution is 2.24. The smallest absolute Gasteiger partial charge is 0.252 e. The van der Waals surface area contributed by atoms with Crippen molar-refractivity contribution >= 4 is 32.6 Å². The molecule has 1 heterocycles. The van der Waals surface area contributed by atoms with Gasteiger partial charge >= 0.3 is 0 Å². The molecule has 128 valence electrons. The summed E-state index contributed by atoms with van der Waals surface area (Å²) in [7, 11) is 0. The molecule has 0 saturated heterocycles. The zero-order valence-corrected chi connectivity index (χ0v) is 15.5. The standard InChI is InChI=1S/C22H16BrNO2/c23-17-10-8-16(9-11-17)21-13-12-18(26-21)14-24-22(25)20-7-3-5-15-4-1-2-6-19(15)20/h1-13H,14H2,(H,24,25). The third-order valence-corrected chi connectivity index (χ3v) is 4.78. The molecule has 4 aromatic rings. The SMILES string of the molecule is O=C(NCc1ccc(-c2ccc(Br)cc2)o1)c1cccc2ccccc12. The van der Waals surface area contributed by atoms with E-state index in [1.807, 2.05) is 78.9 Å². The van der Waals surface area contributed by atoms with E-state index in [4.69, 9.17) is 4.42 Å². The molecule has 0 atom stereocenters. The monoisotopic (exact) mass is 405 g/mol. The van der Waals surface area contributed by atoms with Gasteiger partial charge in [0.15, 0.2) is 0 Å². The van der Waals surface area contributed by atoms with Crippen molar-refractivity contribution in [2.75, 3.05) is 0 Å². The van der Waals surface area contributed by atoms with Gasteiger partial charge in [0.1, 0.15) is 11.5 Å². The number of nitrogens with one attached hydrogen (secondary N) is 1. The van der Waals surface area contributed by atoms with E-state index < -0.39 is 0 Å². The van der Waals surface area contributed by atoms with Gasteiger partial charge in [0.2, 0.25) is 0 Å². The Labute approximate surface area is 159 Å². The molecule has 0 radical (unpaired) electrons. The first kappa shape index (κ1) is 16.6. The van der Waals surface area contributed by atoms with Gasteiger partial charge in [-0.05, 0) is 41.1 Å². The van der Waals surface area contributed by atoms with E-state index in [9.17, 15) is 4.79 Å². The van der Waals surface area contributed by atoms with Crippen LogP contribution in [0.2, 0.25) is 0 Å². The van der Waals surface area contributed by atoms with Crippen LogP contribution >= 0.6 is 15.9 Å². The van der Waals surface area contributed by atoms with Crippen LogP contribution in [0.25, 0.3) is 22.1 Å². The highest BCUT2D eigenvalue weighted by atomic mass is 79.9. The number of furan rings is 1. The summed E-state index contributed by atoms with van der Waals surface area (Å²) in [6, 6.07) is 25.3. The molecule has 1 aromatic heterocycles. The summed E-state index contributed by atoms with van der Waals surface area (Å²) in [4.78, 5) is 12.6. The molecule has 3 aromatic carbocycles. The third kappa shape index (κ3) is 3.41. The van der Waals surface area contributed by atoms with E-state index >= 15 is 0 Å². The molecule has 3 nitrogen and oxygen atoms in total. The third-order valence-electron chi connectivity index (χ3n) is 4.25. The van der Waals surface area contributed by atoms with E-state index in [-0.39, 0.29) is 5.91 Å². The first-order valence-electron chi connectivity index (χ1n) is 8.31. The van der Waals surface area contributed by atoms with Gasteiger partial charge in [-0.3, -0.25) is 4.79 Å². The molecule has 0 saturated carbocycles. The summed E-state index contributed by atoms with van der Waals surface area (Å²) in [5.74, 6) is 1.40. The first-order chi connectivity index (χ1) is 12.7. The molecule has 26 heavy (non-hydrogen) atoms. The summed E-state index contributed by atoms with van der Waals surface area (Å²) in [6.45, 7) is 0.346. The fraction of sp³-hybridized carbons (Fsp3) is 0.0455. The van der Waals surface area contributed by atoms with Crippen molar-refractivity contribution in [3.8, 4) is 11.3 Å². The summed E-state index contributed by atoms with van der Waals surface area (Å²) in [5.41, 5.74) is 1.67. The average Bonchev–Trinajstić information content (AvgIpc) is 3.15. The van der Waals surface area contributed by atoms with E-state index in [2.05, 4.69) is 21.2 Å². The second-order valence-electron chi connectivity index (χ2n) is 5.98. The maximum absolute atomic E-state index is 12.6. The summed E-state index contributed by atoms with van der Waals surface area (Å²) < 4.78 is 6.88. The highest BCUT2D eigenvalue weighted by Gasteiger charge is 2.11. The van der Waals surface area contributed by atoms with Crippen LogP contribution in [-0.4, -0.2) is 5.91 Å². The van der Waals surface area contributed by atoms with Crippen molar-refractivity contribution in [2.24, 2.45) is 0 Å². The average molecular weight is 406 g/mol. The van der Waals surface area contributed by atoms with Crippen molar-refractivity contribution in [1.82, 2.24) is 5.32 Å². The Bertz CT molecular complexity index is 1060. The van der Waals surface area contributed by atoms with Gasteiger partial charge in [0, 0.05) is 15.6 Å². The van der Waals surface area contributed by atoms with E-state index in [1.165, 1.54) is 0 Å².